The number of likely N-dealkylation sites (N-methyl/N-ethyl adjacent to an activating group) is 1. The van der Waals surface area contributed by atoms with Gasteiger partial charge >= 0.3 is 0 Å². The first-order valence-corrected chi connectivity index (χ1v) is 8.48. The van der Waals surface area contributed by atoms with Gasteiger partial charge in [0.25, 0.3) is 0 Å². The van der Waals surface area contributed by atoms with Gasteiger partial charge in [0.1, 0.15) is 5.75 Å². The van der Waals surface area contributed by atoms with Gasteiger partial charge in [-0.05, 0) is 24.6 Å². The van der Waals surface area contributed by atoms with Crippen LogP contribution in [0.25, 0.3) is 0 Å². The normalized spacial score (nSPS) is 16.1. The number of hydrogen-bond donors (Lipinski definition) is 1. The van der Waals surface area contributed by atoms with Crippen molar-refractivity contribution in [3.05, 3.63) is 65.7 Å². The van der Waals surface area contributed by atoms with Crippen molar-refractivity contribution in [2.75, 3.05) is 26.7 Å². The number of para-hydroxylation sites is 1. The number of amides is 1. The number of fused-ring (bicyclic) bond motifs is 1. The van der Waals surface area contributed by atoms with Crippen LogP contribution >= 0.6 is 0 Å². The molecule has 3 rings (SSSR count). The van der Waals surface area contributed by atoms with Crippen LogP contribution in [0.3, 0.4) is 0 Å². The van der Waals surface area contributed by atoms with E-state index in [9.17, 15) is 4.79 Å². The fourth-order valence-electron chi connectivity index (χ4n) is 3.10. The molecule has 0 aliphatic carbocycles. The molecule has 0 saturated heterocycles. The monoisotopic (exact) mass is 324 g/mol. The highest BCUT2D eigenvalue weighted by molar-refractivity contribution is 5.78. The Morgan fingerprint density at radius 1 is 1.17 bits per heavy atom. The molecular formula is C20H24N2O2. The minimum atomic E-state index is 0.0957. The zero-order valence-electron chi connectivity index (χ0n) is 14.1. The Morgan fingerprint density at radius 3 is 2.75 bits per heavy atom. The maximum atomic E-state index is 12.5. The third-order valence-electron chi connectivity index (χ3n) is 4.50. The highest BCUT2D eigenvalue weighted by atomic mass is 16.5. The summed E-state index contributed by atoms with van der Waals surface area (Å²) in [6, 6.07) is 18.4. The van der Waals surface area contributed by atoms with Gasteiger partial charge in [-0.2, -0.15) is 0 Å². The van der Waals surface area contributed by atoms with Crippen molar-refractivity contribution in [3.8, 4) is 5.75 Å². The van der Waals surface area contributed by atoms with E-state index in [0.29, 0.717) is 13.2 Å². The smallest absolute Gasteiger partial charge is 0.236 e. The fraction of sp³-hybridized carbons (Fsp3) is 0.350. The molecule has 1 N–H and O–H groups in total. The average Bonchev–Trinajstić information content (AvgIpc) is 2.65. The summed E-state index contributed by atoms with van der Waals surface area (Å²) in [4.78, 5) is 14.3. The predicted octanol–water partition coefficient (Wildman–Crippen LogP) is 2.80. The van der Waals surface area contributed by atoms with Crippen LogP contribution < -0.4 is 10.1 Å². The Kier molecular flexibility index (Phi) is 5.49. The van der Waals surface area contributed by atoms with Gasteiger partial charge in [-0.3, -0.25) is 4.79 Å². The van der Waals surface area contributed by atoms with E-state index in [1.165, 1.54) is 5.56 Å². The van der Waals surface area contributed by atoms with E-state index in [4.69, 9.17) is 4.74 Å². The summed E-state index contributed by atoms with van der Waals surface area (Å²) >= 11 is 0. The molecule has 0 radical (unpaired) electrons. The second kappa shape index (κ2) is 7.97. The van der Waals surface area contributed by atoms with E-state index in [1.807, 2.05) is 54.4 Å². The second-order valence-corrected chi connectivity index (χ2v) is 6.11. The number of rotatable bonds is 6. The predicted molar refractivity (Wildman–Crippen MR) is 95.1 cm³/mol. The molecule has 126 valence electrons. The third-order valence-corrected chi connectivity index (χ3v) is 4.50. The Morgan fingerprint density at radius 2 is 1.92 bits per heavy atom. The van der Waals surface area contributed by atoms with Gasteiger partial charge < -0.3 is 15.0 Å². The molecule has 1 atom stereocenters. The van der Waals surface area contributed by atoms with Gasteiger partial charge in [0.2, 0.25) is 5.91 Å². The molecule has 0 bridgehead atoms. The third kappa shape index (κ3) is 3.95. The van der Waals surface area contributed by atoms with Gasteiger partial charge in [-0.15, -0.1) is 0 Å². The van der Waals surface area contributed by atoms with Crippen LogP contribution in [0, 0.1) is 0 Å². The van der Waals surface area contributed by atoms with E-state index >= 15 is 0 Å². The standard InChI is InChI=1S/C20H24N2O2/c1-22(18-12-14-24-19-10-6-5-9-17(18)19)20(23)15-21-13-11-16-7-3-2-4-8-16/h2-10,18,21H,11-15H2,1H3/t18-/m0/s1. The number of nitrogens with one attached hydrogen (secondary N) is 1. The molecule has 1 aliphatic rings. The summed E-state index contributed by atoms with van der Waals surface area (Å²) in [7, 11) is 1.88. The van der Waals surface area contributed by atoms with Gasteiger partial charge in [0.05, 0.1) is 19.2 Å². The van der Waals surface area contributed by atoms with Crippen molar-refractivity contribution in [1.82, 2.24) is 10.2 Å². The summed E-state index contributed by atoms with van der Waals surface area (Å²) in [5.74, 6) is 1.01. The van der Waals surface area contributed by atoms with E-state index in [1.54, 1.807) is 0 Å². The summed E-state index contributed by atoms with van der Waals surface area (Å²) in [5.41, 5.74) is 2.38. The molecule has 2 aromatic carbocycles. The topological polar surface area (TPSA) is 41.6 Å². The van der Waals surface area contributed by atoms with E-state index in [0.717, 1.165) is 30.7 Å². The van der Waals surface area contributed by atoms with Crippen molar-refractivity contribution in [2.24, 2.45) is 0 Å². The number of hydrogen-bond acceptors (Lipinski definition) is 3. The molecule has 0 spiro atoms. The zero-order valence-corrected chi connectivity index (χ0v) is 14.1. The van der Waals surface area contributed by atoms with Crippen LogP contribution in [0.2, 0.25) is 0 Å². The van der Waals surface area contributed by atoms with Crippen molar-refractivity contribution in [3.63, 3.8) is 0 Å². The van der Waals surface area contributed by atoms with Crippen molar-refractivity contribution in [2.45, 2.75) is 18.9 Å². The molecule has 0 fully saturated rings. The first-order chi connectivity index (χ1) is 11.8. The van der Waals surface area contributed by atoms with Gasteiger partial charge in [-0.25, -0.2) is 0 Å². The largest absolute Gasteiger partial charge is 0.493 e. The Bertz CT molecular complexity index is 672. The Hall–Kier alpha value is -2.33. The first-order valence-electron chi connectivity index (χ1n) is 8.48. The maximum Gasteiger partial charge on any atom is 0.236 e. The van der Waals surface area contributed by atoms with Crippen molar-refractivity contribution < 1.29 is 9.53 Å². The average molecular weight is 324 g/mol. The summed E-state index contributed by atoms with van der Waals surface area (Å²) in [6.45, 7) is 1.82. The first kappa shape index (κ1) is 16.5. The van der Waals surface area contributed by atoms with Crippen LogP contribution in [0.4, 0.5) is 0 Å². The summed E-state index contributed by atoms with van der Waals surface area (Å²) in [5, 5.41) is 3.26. The molecule has 0 saturated carbocycles. The van der Waals surface area contributed by atoms with E-state index in [-0.39, 0.29) is 11.9 Å². The highest BCUT2D eigenvalue weighted by Crippen LogP contribution is 2.34. The molecule has 24 heavy (non-hydrogen) atoms. The lowest BCUT2D eigenvalue weighted by atomic mass is 9.99. The van der Waals surface area contributed by atoms with E-state index < -0.39 is 0 Å². The summed E-state index contributed by atoms with van der Waals surface area (Å²) < 4.78 is 5.68. The number of carbonyl (C=O) groups is 1. The molecule has 4 nitrogen and oxygen atoms in total. The van der Waals surface area contributed by atoms with E-state index in [2.05, 4.69) is 17.4 Å². The zero-order chi connectivity index (χ0) is 16.8. The van der Waals surface area contributed by atoms with Gasteiger partial charge in [-0.1, -0.05) is 48.5 Å². The Labute approximate surface area is 143 Å². The van der Waals surface area contributed by atoms with Crippen molar-refractivity contribution >= 4 is 5.91 Å². The summed E-state index contributed by atoms with van der Waals surface area (Å²) in [6.07, 6.45) is 1.77. The molecule has 0 unspecified atom stereocenters. The van der Waals surface area contributed by atoms with Crippen LogP contribution in [0.5, 0.6) is 5.75 Å². The van der Waals surface area contributed by atoms with Crippen LogP contribution in [-0.2, 0) is 11.2 Å². The molecular weight excluding hydrogens is 300 g/mol. The Balaban J connectivity index is 1.50. The number of benzene rings is 2. The molecule has 0 aromatic heterocycles. The minimum Gasteiger partial charge on any atom is -0.493 e. The maximum absolute atomic E-state index is 12.5. The second-order valence-electron chi connectivity index (χ2n) is 6.11. The van der Waals surface area contributed by atoms with Crippen LogP contribution in [0.15, 0.2) is 54.6 Å². The lowest BCUT2D eigenvalue weighted by Crippen LogP contribution is -2.40. The quantitative estimate of drug-likeness (QED) is 0.831. The molecule has 1 heterocycles. The van der Waals surface area contributed by atoms with Crippen LogP contribution in [-0.4, -0.2) is 37.6 Å². The molecule has 2 aromatic rings. The van der Waals surface area contributed by atoms with Crippen LogP contribution in [0.1, 0.15) is 23.6 Å². The minimum absolute atomic E-state index is 0.0957. The lowest BCUT2D eigenvalue weighted by molar-refractivity contribution is -0.131. The molecule has 4 heteroatoms. The molecule has 1 amide bonds. The highest BCUT2D eigenvalue weighted by Gasteiger charge is 2.27. The lowest BCUT2D eigenvalue weighted by Gasteiger charge is -2.33. The van der Waals surface area contributed by atoms with Gasteiger partial charge in [0.15, 0.2) is 0 Å². The number of nitrogens with zero attached hydrogens (tertiary/aromatic N) is 1. The fourth-order valence-corrected chi connectivity index (χ4v) is 3.10. The number of carbonyl (C=O) groups excluding carboxylic acids is 1. The van der Waals surface area contributed by atoms with Crippen molar-refractivity contribution in [1.29, 1.82) is 0 Å². The number of ether oxygens (including phenoxy) is 1. The SMILES string of the molecule is CN(C(=O)CNCCc1ccccc1)[C@H]1CCOc2ccccc21. The van der Waals surface area contributed by atoms with Gasteiger partial charge in [0, 0.05) is 19.0 Å². The molecule has 1 aliphatic heterocycles.